The first-order valence-electron chi connectivity index (χ1n) is 3.77. The number of benzene rings is 1. The Labute approximate surface area is 74.2 Å². The summed E-state index contributed by atoms with van der Waals surface area (Å²) in [5.74, 6) is 0. The van der Waals surface area contributed by atoms with E-state index in [4.69, 9.17) is 5.26 Å². The van der Waals surface area contributed by atoms with Crippen molar-refractivity contribution in [2.45, 2.75) is 0 Å². The second-order valence-electron chi connectivity index (χ2n) is 2.50. The van der Waals surface area contributed by atoms with E-state index in [1.165, 1.54) is 6.20 Å². The van der Waals surface area contributed by atoms with Crippen LogP contribution in [0.2, 0.25) is 0 Å². The summed E-state index contributed by atoms with van der Waals surface area (Å²) in [6.45, 7) is 0. The second kappa shape index (κ2) is 3.07. The van der Waals surface area contributed by atoms with Crippen molar-refractivity contribution in [3.05, 3.63) is 36.0 Å². The highest BCUT2D eigenvalue weighted by Gasteiger charge is 1.90. The minimum absolute atomic E-state index is 0.473. The van der Waals surface area contributed by atoms with Crippen molar-refractivity contribution in [3.63, 3.8) is 0 Å². The van der Waals surface area contributed by atoms with Crippen molar-refractivity contribution in [2.75, 3.05) is 0 Å². The molecule has 0 atom stereocenters. The number of fused-ring (bicyclic) bond motifs is 1. The maximum atomic E-state index is 8.33. The smallest absolute Gasteiger partial charge is 0.207 e. The van der Waals surface area contributed by atoms with E-state index in [0.29, 0.717) is 5.49 Å². The molecule has 4 heteroatoms. The van der Waals surface area contributed by atoms with Gasteiger partial charge in [-0.1, -0.05) is 12.1 Å². The van der Waals surface area contributed by atoms with Crippen LogP contribution in [-0.2, 0) is 0 Å². The van der Waals surface area contributed by atoms with Crippen molar-refractivity contribution in [1.82, 2.24) is 9.97 Å². The van der Waals surface area contributed by atoms with Gasteiger partial charge in [0.15, 0.2) is 5.49 Å². The Bertz CT molecular complexity index is 533. The normalized spacial score (nSPS) is 11.5. The Morgan fingerprint density at radius 3 is 3.08 bits per heavy atom. The molecule has 62 valence electrons. The van der Waals surface area contributed by atoms with Crippen LogP contribution in [0.5, 0.6) is 0 Å². The maximum Gasteiger partial charge on any atom is 0.207 e. The highest BCUT2D eigenvalue weighted by Crippen LogP contribution is 2.03. The number of hydrogen-bond acceptors (Lipinski definition) is 3. The molecule has 0 saturated heterocycles. The van der Waals surface area contributed by atoms with Gasteiger partial charge < -0.3 is 4.98 Å². The molecule has 1 N–H and O–H groups in total. The van der Waals surface area contributed by atoms with Gasteiger partial charge in [-0.25, -0.2) is 0 Å². The summed E-state index contributed by atoms with van der Waals surface area (Å²) < 4.78 is 0. The molecule has 0 bridgehead atoms. The number of H-pyrrole nitrogens is 1. The zero-order chi connectivity index (χ0) is 9.10. The van der Waals surface area contributed by atoms with E-state index in [2.05, 4.69) is 15.0 Å². The van der Waals surface area contributed by atoms with Gasteiger partial charge >= 0.3 is 0 Å². The van der Waals surface area contributed by atoms with Crippen LogP contribution in [-0.4, -0.2) is 9.97 Å². The van der Waals surface area contributed by atoms with Gasteiger partial charge in [-0.15, -0.1) is 0 Å². The third-order valence-corrected chi connectivity index (χ3v) is 1.66. The van der Waals surface area contributed by atoms with Crippen molar-refractivity contribution < 1.29 is 0 Å². The van der Waals surface area contributed by atoms with Crippen LogP contribution >= 0.6 is 0 Å². The first kappa shape index (κ1) is 7.50. The molecule has 1 heterocycles. The third kappa shape index (κ3) is 1.40. The number of para-hydroxylation sites is 2. The first-order valence-corrected chi connectivity index (χ1v) is 3.77. The molecule has 13 heavy (non-hydrogen) atoms. The predicted molar refractivity (Wildman–Crippen MR) is 47.3 cm³/mol. The van der Waals surface area contributed by atoms with E-state index in [0.717, 1.165) is 11.0 Å². The van der Waals surface area contributed by atoms with Crippen LogP contribution in [0.1, 0.15) is 0 Å². The van der Waals surface area contributed by atoms with Crippen molar-refractivity contribution >= 4 is 11.0 Å². The number of nitriles is 1. The minimum atomic E-state index is 0.473. The maximum absolute atomic E-state index is 8.33. The number of nitrogens with one attached hydrogen (secondary N) is 1. The number of rotatable bonds is 0. The SMILES string of the molecule is N#CN=c1cnc2ccccc2[nH]1. The highest BCUT2D eigenvalue weighted by atomic mass is 14.9. The molecule has 0 spiro atoms. The van der Waals surface area contributed by atoms with Crippen molar-refractivity contribution in [3.8, 4) is 6.19 Å². The molecule has 0 radical (unpaired) electrons. The summed E-state index contributed by atoms with van der Waals surface area (Å²) in [5.41, 5.74) is 2.21. The number of aromatic amines is 1. The Balaban J connectivity index is 2.78. The Morgan fingerprint density at radius 2 is 2.23 bits per heavy atom. The van der Waals surface area contributed by atoms with E-state index in [9.17, 15) is 0 Å². The van der Waals surface area contributed by atoms with E-state index >= 15 is 0 Å². The lowest BCUT2D eigenvalue weighted by Gasteiger charge is -1.94. The molecule has 1 aromatic heterocycles. The molecule has 0 amide bonds. The largest absolute Gasteiger partial charge is 0.336 e. The van der Waals surface area contributed by atoms with Gasteiger partial charge in [0.25, 0.3) is 0 Å². The van der Waals surface area contributed by atoms with Crippen molar-refractivity contribution in [2.24, 2.45) is 4.99 Å². The minimum Gasteiger partial charge on any atom is -0.336 e. The summed E-state index contributed by atoms with van der Waals surface area (Å²) in [7, 11) is 0. The summed E-state index contributed by atoms with van der Waals surface area (Å²) in [5, 5.41) is 8.33. The quantitative estimate of drug-likeness (QED) is 0.598. The van der Waals surface area contributed by atoms with Crippen LogP contribution in [0.3, 0.4) is 0 Å². The number of hydrogen-bond donors (Lipinski definition) is 1. The van der Waals surface area contributed by atoms with Gasteiger partial charge in [0, 0.05) is 0 Å². The average Bonchev–Trinajstić information content (AvgIpc) is 2.18. The van der Waals surface area contributed by atoms with E-state index in [-0.39, 0.29) is 0 Å². The van der Waals surface area contributed by atoms with Gasteiger partial charge in [-0.05, 0) is 12.1 Å². The number of aromatic nitrogens is 2. The Morgan fingerprint density at radius 1 is 1.38 bits per heavy atom. The fourth-order valence-electron chi connectivity index (χ4n) is 1.10. The molecule has 2 rings (SSSR count). The molecular weight excluding hydrogens is 164 g/mol. The zero-order valence-corrected chi connectivity index (χ0v) is 6.73. The first-order chi connectivity index (χ1) is 6.40. The standard InChI is InChI=1S/C9H6N4/c10-6-12-9-5-11-7-3-1-2-4-8(7)13-9/h1-5H,(H,12,13). The lowest BCUT2D eigenvalue weighted by Crippen LogP contribution is -2.06. The molecule has 0 fully saturated rings. The van der Waals surface area contributed by atoms with Gasteiger partial charge in [-0.2, -0.15) is 10.3 Å². The van der Waals surface area contributed by atoms with E-state index in [1.54, 1.807) is 6.19 Å². The number of nitrogens with zero attached hydrogens (tertiary/aromatic N) is 3. The molecule has 0 aliphatic heterocycles. The van der Waals surface area contributed by atoms with Crippen LogP contribution in [0.4, 0.5) is 0 Å². The molecule has 1 aromatic carbocycles. The van der Waals surface area contributed by atoms with Crippen molar-refractivity contribution in [1.29, 1.82) is 5.26 Å². The van der Waals surface area contributed by atoms with Crippen LogP contribution in [0, 0.1) is 11.5 Å². The van der Waals surface area contributed by atoms with E-state index < -0.39 is 0 Å². The molecule has 0 unspecified atom stereocenters. The average molecular weight is 170 g/mol. The van der Waals surface area contributed by atoms with Crippen LogP contribution in [0.15, 0.2) is 35.5 Å². The van der Waals surface area contributed by atoms with Gasteiger partial charge in [0.2, 0.25) is 6.19 Å². The van der Waals surface area contributed by atoms with Crippen LogP contribution < -0.4 is 5.49 Å². The predicted octanol–water partition coefficient (Wildman–Crippen LogP) is 0.945. The second-order valence-corrected chi connectivity index (χ2v) is 2.50. The topological polar surface area (TPSA) is 64.8 Å². The molecule has 0 aliphatic rings. The zero-order valence-electron chi connectivity index (χ0n) is 6.73. The lowest BCUT2D eigenvalue weighted by atomic mass is 10.3. The van der Waals surface area contributed by atoms with Crippen LogP contribution in [0.25, 0.3) is 11.0 Å². The molecule has 0 aliphatic carbocycles. The molecule has 4 nitrogen and oxygen atoms in total. The van der Waals surface area contributed by atoms with Gasteiger partial charge in [0.05, 0.1) is 17.2 Å². The van der Waals surface area contributed by atoms with E-state index in [1.807, 2.05) is 24.3 Å². The summed E-state index contributed by atoms with van der Waals surface area (Å²) >= 11 is 0. The van der Waals surface area contributed by atoms with Gasteiger partial charge in [0.1, 0.15) is 0 Å². The Kier molecular flexibility index (Phi) is 1.77. The monoisotopic (exact) mass is 170 g/mol. The summed E-state index contributed by atoms with van der Waals surface area (Å²) in [4.78, 5) is 10.6. The fraction of sp³-hybridized carbons (Fsp3) is 0. The highest BCUT2D eigenvalue weighted by molar-refractivity contribution is 5.72. The van der Waals surface area contributed by atoms with Gasteiger partial charge in [-0.3, -0.25) is 4.98 Å². The fourth-order valence-corrected chi connectivity index (χ4v) is 1.10. The Hall–Kier alpha value is -2.15. The lowest BCUT2D eigenvalue weighted by molar-refractivity contribution is 1.14. The molecular formula is C9H6N4. The molecule has 0 saturated carbocycles. The third-order valence-electron chi connectivity index (χ3n) is 1.66. The summed E-state index contributed by atoms with van der Waals surface area (Å²) in [6.07, 6.45) is 3.24. The summed E-state index contributed by atoms with van der Waals surface area (Å²) in [6, 6.07) is 7.58. The molecule has 2 aromatic rings.